The van der Waals surface area contributed by atoms with Gasteiger partial charge in [0, 0.05) is 30.5 Å². The number of ether oxygens (including phenoxy) is 2. The van der Waals surface area contributed by atoms with Gasteiger partial charge in [0.25, 0.3) is 5.91 Å². The van der Waals surface area contributed by atoms with E-state index < -0.39 is 0 Å². The molecule has 162 valence electrons. The first-order valence-corrected chi connectivity index (χ1v) is 10.4. The van der Waals surface area contributed by atoms with E-state index >= 15 is 0 Å². The van der Waals surface area contributed by atoms with E-state index in [4.69, 9.17) is 9.47 Å². The first-order chi connectivity index (χ1) is 14.9. The zero-order valence-corrected chi connectivity index (χ0v) is 18.3. The van der Waals surface area contributed by atoms with Crippen LogP contribution in [-0.2, 0) is 7.05 Å². The summed E-state index contributed by atoms with van der Waals surface area (Å²) in [6.45, 7) is 5.01. The van der Waals surface area contributed by atoms with Crippen molar-refractivity contribution in [1.29, 1.82) is 0 Å². The highest BCUT2D eigenvalue weighted by Gasteiger charge is 2.28. The Morgan fingerprint density at radius 1 is 1.13 bits per heavy atom. The first-order valence-electron chi connectivity index (χ1n) is 10.4. The molecule has 1 aliphatic rings. The number of likely N-dealkylation sites (tertiary alicyclic amines) is 1. The molecule has 4 rings (SSSR count). The fourth-order valence-corrected chi connectivity index (χ4v) is 3.93. The number of carbonyl (C=O) groups excluding carboxylic acids is 1. The maximum Gasteiger partial charge on any atom is 0.317 e. The summed E-state index contributed by atoms with van der Waals surface area (Å²) in [5, 5.41) is 4.55. The largest absolute Gasteiger partial charge is 0.496 e. The number of aromatic nitrogens is 4. The van der Waals surface area contributed by atoms with E-state index in [9.17, 15) is 4.79 Å². The topological polar surface area (TPSA) is 82.4 Å². The van der Waals surface area contributed by atoms with Crippen LogP contribution in [0.1, 0.15) is 34.7 Å². The Morgan fingerprint density at radius 3 is 2.61 bits per heavy atom. The summed E-state index contributed by atoms with van der Waals surface area (Å²) >= 11 is 0. The molecule has 1 amide bonds. The third-order valence-corrected chi connectivity index (χ3v) is 5.38. The highest BCUT2D eigenvalue weighted by atomic mass is 16.5. The van der Waals surface area contributed by atoms with E-state index in [1.54, 1.807) is 18.8 Å². The fraction of sp³-hybridized carbons (Fsp3) is 0.391. The minimum absolute atomic E-state index is 0.0641. The Hall–Kier alpha value is -3.42. The zero-order chi connectivity index (χ0) is 22.0. The van der Waals surface area contributed by atoms with Crippen molar-refractivity contribution in [2.24, 2.45) is 7.05 Å². The maximum atomic E-state index is 13.3. The van der Waals surface area contributed by atoms with Gasteiger partial charge in [-0.1, -0.05) is 12.1 Å². The summed E-state index contributed by atoms with van der Waals surface area (Å²) in [7, 11) is 3.41. The number of aryl methyl sites for hydroxylation is 3. The molecule has 0 radical (unpaired) electrons. The number of methoxy groups -OCH3 is 1. The van der Waals surface area contributed by atoms with Crippen LogP contribution >= 0.6 is 0 Å². The number of nitrogens with zero attached hydrogens (tertiary/aromatic N) is 5. The van der Waals surface area contributed by atoms with E-state index in [2.05, 4.69) is 15.1 Å². The Bertz CT molecular complexity index is 1070. The molecule has 2 aromatic heterocycles. The third kappa shape index (κ3) is 4.52. The van der Waals surface area contributed by atoms with Crippen LogP contribution in [-0.4, -0.2) is 56.9 Å². The van der Waals surface area contributed by atoms with Crippen LogP contribution in [0.2, 0.25) is 0 Å². The molecule has 0 spiro atoms. The van der Waals surface area contributed by atoms with Crippen LogP contribution in [0, 0.1) is 13.8 Å². The van der Waals surface area contributed by atoms with E-state index in [0.29, 0.717) is 30.5 Å². The predicted molar refractivity (Wildman–Crippen MR) is 116 cm³/mol. The molecule has 1 aliphatic heterocycles. The van der Waals surface area contributed by atoms with Gasteiger partial charge in [-0.15, -0.1) is 0 Å². The molecule has 3 aromatic rings. The number of hydrogen-bond donors (Lipinski definition) is 0. The van der Waals surface area contributed by atoms with Crippen molar-refractivity contribution in [3.8, 4) is 23.0 Å². The average molecular weight is 422 g/mol. The van der Waals surface area contributed by atoms with Crippen molar-refractivity contribution >= 4 is 5.91 Å². The number of amides is 1. The Labute approximate surface area is 181 Å². The van der Waals surface area contributed by atoms with E-state index in [1.165, 1.54) is 0 Å². The second-order valence-electron chi connectivity index (χ2n) is 7.81. The maximum absolute atomic E-state index is 13.3. The van der Waals surface area contributed by atoms with Crippen molar-refractivity contribution in [3.63, 3.8) is 0 Å². The SMILES string of the molecule is COc1ccccc1-c1cc(C(=O)N2CCCC(Oc3nc(C)cc(C)n3)C2)n(C)n1. The Kier molecular flexibility index (Phi) is 5.88. The van der Waals surface area contributed by atoms with E-state index in [-0.39, 0.29) is 12.0 Å². The summed E-state index contributed by atoms with van der Waals surface area (Å²) in [5.41, 5.74) is 3.82. The van der Waals surface area contributed by atoms with Gasteiger partial charge in [-0.25, -0.2) is 9.97 Å². The molecular formula is C23H27N5O3. The summed E-state index contributed by atoms with van der Waals surface area (Å²) in [5.74, 6) is 0.658. The Balaban J connectivity index is 1.51. The van der Waals surface area contributed by atoms with Crippen molar-refractivity contribution in [3.05, 3.63) is 53.5 Å². The van der Waals surface area contributed by atoms with Crippen LogP contribution in [0.5, 0.6) is 11.8 Å². The highest BCUT2D eigenvalue weighted by Crippen LogP contribution is 2.29. The molecule has 0 aliphatic carbocycles. The van der Waals surface area contributed by atoms with Crippen LogP contribution in [0.15, 0.2) is 36.4 Å². The molecule has 0 N–H and O–H groups in total. The molecule has 1 atom stereocenters. The van der Waals surface area contributed by atoms with Crippen molar-refractivity contribution in [2.75, 3.05) is 20.2 Å². The average Bonchev–Trinajstić information content (AvgIpc) is 3.14. The molecule has 0 saturated carbocycles. The normalized spacial score (nSPS) is 16.3. The van der Waals surface area contributed by atoms with Gasteiger partial charge in [0.05, 0.1) is 19.3 Å². The molecule has 31 heavy (non-hydrogen) atoms. The second kappa shape index (κ2) is 8.75. The molecule has 1 fully saturated rings. The van der Waals surface area contributed by atoms with Crippen molar-refractivity contribution in [1.82, 2.24) is 24.6 Å². The number of piperidine rings is 1. The van der Waals surface area contributed by atoms with Gasteiger partial charge in [-0.05, 0) is 51.0 Å². The molecule has 1 aromatic carbocycles. The lowest BCUT2D eigenvalue weighted by Gasteiger charge is -2.32. The summed E-state index contributed by atoms with van der Waals surface area (Å²) < 4.78 is 13.1. The molecule has 3 heterocycles. The van der Waals surface area contributed by atoms with Crippen molar-refractivity contribution in [2.45, 2.75) is 32.8 Å². The Morgan fingerprint density at radius 2 is 1.87 bits per heavy atom. The van der Waals surface area contributed by atoms with E-state index in [0.717, 1.165) is 35.5 Å². The smallest absolute Gasteiger partial charge is 0.317 e. The number of hydrogen-bond acceptors (Lipinski definition) is 6. The molecule has 0 bridgehead atoms. The summed E-state index contributed by atoms with van der Waals surface area (Å²) in [6.07, 6.45) is 1.58. The third-order valence-electron chi connectivity index (χ3n) is 5.38. The molecule has 8 nitrogen and oxygen atoms in total. The van der Waals surface area contributed by atoms with Gasteiger partial charge in [-0.2, -0.15) is 5.10 Å². The number of carbonyl (C=O) groups is 1. The van der Waals surface area contributed by atoms with Crippen LogP contribution in [0.3, 0.4) is 0 Å². The van der Waals surface area contributed by atoms with E-state index in [1.807, 2.05) is 55.1 Å². The minimum atomic E-state index is -0.138. The van der Waals surface area contributed by atoms with Crippen LogP contribution in [0.25, 0.3) is 11.3 Å². The number of rotatable bonds is 5. The predicted octanol–water partition coefficient (Wildman–Crippen LogP) is 3.19. The monoisotopic (exact) mass is 421 g/mol. The number of para-hydroxylation sites is 1. The highest BCUT2D eigenvalue weighted by molar-refractivity contribution is 5.94. The van der Waals surface area contributed by atoms with Gasteiger partial charge < -0.3 is 14.4 Å². The van der Waals surface area contributed by atoms with Gasteiger partial charge in [0.2, 0.25) is 0 Å². The minimum Gasteiger partial charge on any atom is -0.496 e. The van der Waals surface area contributed by atoms with Crippen LogP contribution < -0.4 is 9.47 Å². The van der Waals surface area contributed by atoms with Gasteiger partial charge in [0.1, 0.15) is 17.5 Å². The first kappa shape index (κ1) is 20.8. The van der Waals surface area contributed by atoms with Gasteiger partial charge >= 0.3 is 6.01 Å². The molecular weight excluding hydrogens is 394 g/mol. The second-order valence-corrected chi connectivity index (χ2v) is 7.81. The molecule has 1 unspecified atom stereocenters. The quantitative estimate of drug-likeness (QED) is 0.629. The van der Waals surface area contributed by atoms with Gasteiger partial charge in [-0.3, -0.25) is 9.48 Å². The summed E-state index contributed by atoms with van der Waals surface area (Å²) in [4.78, 5) is 23.8. The standard InChI is InChI=1S/C23H27N5O3/c1-15-12-16(2)25-23(24-15)31-17-8-7-11-28(14-17)22(29)20-13-19(26-27(20)3)18-9-5-6-10-21(18)30-4/h5-6,9-10,12-13,17H,7-8,11,14H2,1-4H3. The lowest BCUT2D eigenvalue weighted by Crippen LogP contribution is -2.45. The summed E-state index contributed by atoms with van der Waals surface area (Å²) in [6, 6.07) is 11.7. The molecule has 8 heteroatoms. The van der Waals surface area contributed by atoms with Crippen LogP contribution in [0.4, 0.5) is 0 Å². The lowest BCUT2D eigenvalue weighted by atomic mass is 10.1. The van der Waals surface area contributed by atoms with Crippen molar-refractivity contribution < 1.29 is 14.3 Å². The number of benzene rings is 1. The molecule has 1 saturated heterocycles. The lowest BCUT2D eigenvalue weighted by molar-refractivity contribution is 0.0505. The zero-order valence-electron chi connectivity index (χ0n) is 18.3. The van der Waals surface area contributed by atoms with Gasteiger partial charge in [0.15, 0.2) is 0 Å². The fourth-order valence-electron chi connectivity index (χ4n) is 3.93.